The smallest absolute Gasteiger partial charge is 0.227 e. The van der Waals surface area contributed by atoms with Gasteiger partial charge in [0, 0.05) is 7.05 Å². The van der Waals surface area contributed by atoms with Gasteiger partial charge < -0.3 is 10.4 Å². The summed E-state index contributed by atoms with van der Waals surface area (Å²) >= 11 is 5.49. The van der Waals surface area contributed by atoms with Gasteiger partial charge in [-0.25, -0.2) is 4.98 Å². The molecular weight excluding hydrogens is 168 g/mol. The standard InChI is InChI=1S/C5H7ClN4O/c1-7-5-9-3(2-11)8-4(6)10-5/h11H,2H2,1H3,(H,7,8,9,10). The van der Waals surface area contributed by atoms with Gasteiger partial charge in [0.15, 0.2) is 5.82 Å². The fraction of sp³-hybridized carbons (Fsp3) is 0.400. The third-order valence-corrected chi connectivity index (χ3v) is 1.19. The summed E-state index contributed by atoms with van der Waals surface area (Å²) in [5.41, 5.74) is 0. The van der Waals surface area contributed by atoms with Gasteiger partial charge in [0.25, 0.3) is 0 Å². The molecule has 0 amide bonds. The van der Waals surface area contributed by atoms with Gasteiger partial charge in [-0.3, -0.25) is 0 Å². The lowest BCUT2D eigenvalue weighted by Crippen LogP contribution is -2.03. The van der Waals surface area contributed by atoms with E-state index in [1.165, 1.54) is 0 Å². The maximum Gasteiger partial charge on any atom is 0.227 e. The summed E-state index contributed by atoms with van der Waals surface area (Å²) in [5.74, 6) is 0.614. The van der Waals surface area contributed by atoms with Gasteiger partial charge >= 0.3 is 0 Å². The van der Waals surface area contributed by atoms with E-state index >= 15 is 0 Å². The van der Waals surface area contributed by atoms with Crippen molar-refractivity contribution >= 4 is 17.5 Å². The minimum absolute atomic E-state index is 0.0772. The van der Waals surface area contributed by atoms with Crippen LogP contribution in [0.4, 0.5) is 5.95 Å². The summed E-state index contributed by atoms with van der Waals surface area (Å²) in [6.07, 6.45) is 0. The molecule has 0 aliphatic rings. The van der Waals surface area contributed by atoms with Gasteiger partial charge in [-0.15, -0.1) is 0 Å². The van der Waals surface area contributed by atoms with E-state index in [2.05, 4.69) is 20.3 Å². The van der Waals surface area contributed by atoms with E-state index in [4.69, 9.17) is 16.7 Å². The molecule has 0 atom stereocenters. The lowest BCUT2D eigenvalue weighted by Gasteiger charge is -1.99. The number of hydrogen-bond donors (Lipinski definition) is 2. The molecule has 0 unspecified atom stereocenters. The van der Waals surface area contributed by atoms with Crippen LogP contribution in [0.2, 0.25) is 5.28 Å². The molecule has 11 heavy (non-hydrogen) atoms. The normalized spacial score (nSPS) is 9.73. The number of aliphatic hydroxyl groups is 1. The largest absolute Gasteiger partial charge is 0.388 e. The number of halogens is 1. The van der Waals surface area contributed by atoms with Crippen molar-refractivity contribution in [3.63, 3.8) is 0 Å². The molecule has 0 fully saturated rings. The van der Waals surface area contributed by atoms with Crippen molar-refractivity contribution in [1.82, 2.24) is 15.0 Å². The second kappa shape index (κ2) is 3.45. The van der Waals surface area contributed by atoms with E-state index in [1.54, 1.807) is 7.05 Å². The molecule has 0 aliphatic carbocycles. The van der Waals surface area contributed by atoms with Crippen LogP contribution in [-0.2, 0) is 6.61 Å². The van der Waals surface area contributed by atoms with Crippen LogP contribution >= 0.6 is 11.6 Å². The topological polar surface area (TPSA) is 70.9 Å². The Morgan fingerprint density at radius 1 is 1.45 bits per heavy atom. The fourth-order valence-electron chi connectivity index (χ4n) is 0.574. The SMILES string of the molecule is CNc1nc(Cl)nc(CO)n1. The Kier molecular flexibility index (Phi) is 2.56. The van der Waals surface area contributed by atoms with Gasteiger partial charge in [-0.05, 0) is 11.6 Å². The molecule has 1 aromatic rings. The average molecular weight is 175 g/mol. The number of aromatic nitrogens is 3. The van der Waals surface area contributed by atoms with Gasteiger partial charge in [-0.2, -0.15) is 9.97 Å². The van der Waals surface area contributed by atoms with Crippen LogP contribution in [0.1, 0.15) is 5.82 Å². The molecule has 0 bridgehead atoms. The number of anilines is 1. The molecule has 0 saturated carbocycles. The summed E-state index contributed by atoms with van der Waals surface area (Å²) in [6.45, 7) is -0.239. The molecule has 6 heteroatoms. The molecule has 1 aromatic heterocycles. The predicted octanol–water partition coefficient (Wildman–Crippen LogP) is 0.0590. The molecule has 0 aliphatic heterocycles. The van der Waals surface area contributed by atoms with E-state index in [9.17, 15) is 0 Å². The zero-order chi connectivity index (χ0) is 8.27. The van der Waals surface area contributed by atoms with Crippen molar-refractivity contribution < 1.29 is 5.11 Å². The van der Waals surface area contributed by atoms with E-state index in [-0.39, 0.29) is 17.7 Å². The second-order valence-electron chi connectivity index (χ2n) is 1.75. The molecule has 0 saturated heterocycles. The Bertz CT molecular complexity index is 232. The maximum absolute atomic E-state index is 8.64. The highest BCUT2D eigenvalue weighted by Crippen LogP contribution is 2.04. The van der Waals surface area contributed by atoms with Crippen LogP contribution in [0.3, 0.4) is 0 Å². The van der Waals surface area contributed by atoms with E-state index < -0.39 is 0 Å². The Morgan fingerprint density at radius 2 is 2.18 bits per heavy atom. The molecule has 0 radical (unpaired) electrons. The first-order valence-electron chi connectivity index (χ1n) is 2.95. The lowest BCUT2D eigenvalue weighted by atomic mass is 10.6. The third kappa shape index (κ3) is 1.99. The quantitative estimate of drug-likeness (QED) is 0.664. The number of rotatable bonds is 2. The summed E-state index contributed by atoms with van der Waals surface area (Å²) < 4.78 is 0. The van der Waals surface area contributed by atoms with Gasteiger partial charge in [-0.1, -0.05) is 0 Å². The summed E-state index contributed by atoms with van der Waals surface area (Å²) in [5, 5.41) is 11.4. The number of aliphatic hydroxyl groups excluding tert-OH is 1. The minimum Gasteiger partial charge on any atom is -0.388 e. The second-order valence-corrected chi connectivity index (χ2v) is 2.09. The fourth-order valence-corrected chi connectivity index (χ4v) is 0.751. The van der Waals surface area contributed by atoms with Crippen LogP contribution in [0.15, 0.2) is 0 Å². The first-order valence-corrected chi connectivity index (χ1v) is 3.33. The minimum atomic E-state index is -0.239. The first-order chi connectivity index (χ1) is 5.26. The Hall–Kier alpha value is -0.940. The number of nitrogens with zero attached hydrogens (tertiary/aromatic N) is 3. The molecule has 60 valence electrons. The maximum atomic E-state index is 8.64. The van der Waals surface area contributed by atoms with Crippen molar-refractivity contribution in [2.45, 2.75) is 6.61 Å². The van der Waals surface area contributed by atoms with Gasteiger partial charge in [0.2, 0.25) is 11.2 Å². The molecule has 2 N–H and O–H groups in total. The number of hydrogen-bond acceptors (Lipinski definition) is 5. The van der Waals surface area contributed by atoms with Crippen molar-refractivity contribution in [1.29, 1.82) is 0 Å². The Balaban J connectivity index is 3.02. The Morgan fingerprint density at radius 3 is 2.73 bits per heavy atom. The predicted molar refractivity (Wildman–Crippen MR) is 40.3 cm³/mol. The van der Waals surface area contributed by atoms with Gasteiger partial charge in [0.1, 0.15) is 6.61 Å². The van der Waals surface area contributed by atoms with Crippen LogP contribution in [0.25, 0.3) is 0 Å². The molecule has 1 rings (SSSR count). The molecular formula is C5H7ClN4O. The summed E-state index contributed by atoms with van der Waals surface area (Å²) in [4.78, 5) is 11.2. The molecule has 0 aromatic carbocycles. The Labute approximate surface area is 68.5 Å². The molecule has 0 spiro atoms. The summed E-state index contributed by atoms with van der Waals surface area (Å²) in [6, 6.07) is 0. The molecule has 5 nitrogen and oxygen atoms in total. The van der Waals surface area contributed by atoms with E-state index in [1.807, 2.05) is 0 Å². The zero-order valence-electron chi connectivity index (χ0n) is 5.87. The van der Waals surface area contributed by atoms with E-state index in [0.717, 1.165) is 0 Å². The summed E-state index contributed by atoms with van der Waals surface area (Å²) in [7, 11) is 1.66. The van der Waals surface area contributed by atoms with Crippen LogP contribution in [0, 0.1) is 0 Å². The number of nitrogens with one attached hydrogen (secondary N) is 1. The van der Waals surface area contributed by atoms with Crippen LogP contribution in [0.5, 0.6) is 0 Å². The highest BCUT2D eigenvalue weighted by Gasteiger charge is 2.00. The van der Waals surface area contributed by atoms with Gasteiger partial charge in [0.05, 0.1) is 0 Å². The first kappa shape index (κ1) is 8.16. The van der Waals surface area contributed by atoms with Crippen molar-refractivity contribution in [2.24, 2.45) is 0 Å². The monoisotopic (exact) mass is 174 g/mol. The highest BCUT2D eigenvalue weighted by atomic mass is 35.5. The van der Waals surface area contributed by atoms with Crippen LogP contribution < -0.4 is 5.32 Å². The van der Waals surface area contributed by atoms with Crippen LogP contribution in [-0.4, -0.2) is 27.1 Å². The average Bonchev–Trinajstić information content (AvgIpc) is 2.03. The highest BCUT2D eigenvalue weighted by molar-refractivity contribution is 6.28. The van der Waals surface area contributed by atoms with Crippen molar-refractivity contribution in [2.75, 3.05) is 12.4 Å². The zero-order valence-corrected chi connectivity index (χ0v) is 6.63. The van der Waals surface area contributed by atoms with Crippen molar-refractivity contribution in [3.05, 3.63) is 11.1 Å². The lowest BCUT2D eigenvalue weighted by molar-refractivity contribution is 0.271. The van der Waals surface area contributed by atoms with Crippen molar-refractivity contribution in [3.8, 4) is 0 Å². The third-order valence-electron chi connectivity index (χ3n) is 1.02. The van der Waals surface area contributed by atoms with E-state index in [0.29, 0.717) is 5.95 Å². The molecule has 1 heterocycles.